The highest BCUT2D eigenvalue weighted by Gasteiger charge is 1.94. The molecule has 14 heavy (non-hydrogen) atoms. The van der Waals surface area contributed by atoms with E-state index in [0.29, 0.717) is 6.61 Å². The molecule has 0 aromatic heterocycles. The lowest BCUT2D eigenvalue weighted by atomic mass is 10.1. The topological polar surface area (TPSA) is 21.6 Å². The van der Waals surface area contributed by atoms with Crippen LogP contribution in [0.1, 0.15) is 18.1 Å². The van der Waals surface area contributed by atoms with E-state index < -0.39 is 0 Å². The maximum Gasteiger partial charge on any atom is 0.135 e. The smallest absolute Gasteiger partial charge is 0.135 e. The summed E-state index contributed by atoms with van der Waals surface area (Å²) in [5, 5.41) is 3.84. The van der Waals surface area contributed by atoms with Gasteiger partial charge in [0.25, 0.3) is 0 Å². The summed E-state index contributed by atoms with van der Waals surface area (Å²) in [5.74, 6) is 0. The highest BCUT2D eigenvalue weighted by Crippen LogP contribution is 2.06. The molecule has 0 fully saturated rings. The zero-order valence-electron chi connectivity index (χ0n) is 8.44. The second-order valence-electron chi connectivity index (χ2n) is 2.87. The van der Waals surface area contributed by atoms with Gasteiger partial charge in [0.1, 0.15) is 6.61 Å². The molecule has 0 spiro atoms. The molecule has 1 aromatic carbocycles. The van der Waals surface area contributed by atoms with Crippen LogP contribution in [0.2, 0.25) is 0 Å². The summed E-state index contributed by atoms with van der Waals surface area (Å²) in [6.07, 6.45) is 4.41. The van der Waals surface area contributed by atoms with Crippen molar-refractivity contribution in [1.29, 1.82) is 0 Å². The van der Waals surface area contributed by atoms with E-state index in [-0.39, 0.29) is 0 Å². The van der Waals surface area contributed by atoms with Crippen LogP contribution in [0.25, 0.3) is 0 Å². The van der Waals surface area contributed by atoms with Crippen molar-refractivity contribution in [2.45, 2.75) is 13.3 Å². The number of oxime groups is 1. The first-order valence-electron chi connectivity index (χ1n) is 4.72. The Morgan fingerprint density at radius 2 is 2.21 bits per heavy atom. The fourth-order valence-corrected chi connectivity index (χ4v) is 1.17. The Morgan fingerprint density at radius 1 is 1.43 bits per heavy atom. The van der Waals surface area contributed by atoms with Crippen LogP contribution in [0.5, 0.6) is 0 Å². The van der Waals surface area contributed by atoms with Gasteiger partial charge in [-0.05, 0) is 17.5 Å². The SMILES string of the molecule is C=CCO/N=C/c1ccccc1CC. The Bertz CT molecular complexity index is 318. The van der Waals surface area contributed by atoms with Crippen LogP contribution in [0.15, 0.2) is 42.1 Å². The molecule has 1 rings (SSSR count). The van der Waals surface area contributed by atoms with Crippen LogP contribution in [0.3, 0.4) is 0 Å². The lowest BCUT2D eigenvalue weighted by molar-refractivity contribution is 0.176. The molecule has 0 bridgehead atoms. The maximum absolute atomic E-state index is 4.94. The maximum atomic E-state index is 4.94. The van der Waals surface area contributed by atoms with Crippen LogP contribution in [0.4, 0.5) is 0 Å². The number of hydrogen-bond acceptors (Lipinski definition) is 2. The summed E-state index contributed by atoms with van der Waals surface area (Å²) in [7, 11) is 0. The van der Waals surface area contributed by atoms with Gasteiger partial charge in [0.05, 0.1) is 6.21 Å². The molecule has 0 atom stereocenters. The van der Waals surface area contributed by atoms with Crippen LogP contribution in [-0.4, -0.2) is 12.8 Å². The van der Waals surface area contributed by atoms with Crippen molar-refractivity contribution in [3.05, 3.63) is 48.0 Å². The average Bonchev–Trinajstić information content (AvgIpc) is 2.25. The Balaban J connectivity index is 2.65. The second-order valence-corrected chi connectivity index (χ2v) is 2.87. The molecule has 0 amide bonds. The Kier molecular flexibility index (Phi) is 4.48. The van der Waals surface area contributed by atoms with Gasteiger partial charge in [0, 0.05) is 0 Å². The standard InChI is InChI=1S/C12H15NO/c1-3-9-14-13-10-12-8-6-5-7-11(12)4-2/h3,5-8,10H,1,4,9H2,2H3/b13-10+. The normalized spacial score (nSPS) is 10.4. The summed E-state index contributed by atoms with van der Waals surface area (Å²) < 4.78 is 0. The Morgan fingerprint density at radius 3 is 2.93 bits per heavy atom. The highest BCUT2D eigenvalue weighted by atomic mass is 16.6. The predicted octanol–water partition coefficient (Wildman–Crippen LogP) is 2.79. The van der Waals surface area contributed by atoms with Crippen LogP contribution >= 0.6 is 0 Å². The van der Waals surface area contributed by atoms with Gasteiger partial charge in [0.15, 0.2) is 0 Å². The van der Waals surface area contributed by atoms with E-state index >= 15 is 0 Å². The minimum atomic E-state index is 0.449. The van der Waals surface area contributed by atoms with Crippen molar-refractivity contribution in [3.8, 4) is 0 Å². The zero-order chi connectivity index (χ0) is 10.2. The van der Waals surface area contributed by atoms with E-state index in [4.69, 9.17) is 4.84 Å². The van der Waals surface area contributed by atoms with Gasteiger partial charge in [-0.2, -0.15) is 0 Å². The molecular weight excluding hydrogens is 174 g/mol. The van der Waals surface area contributed by atoms with Gasteiger partial charge < -0.3 is 4.84 Å². The average molecular weight is 189 g/mol. The molecule has 0 unspecified atom stereocenters. The van der Waals surface area contributed by atoms with E-state index in [9.17, 15) is 0 Å². The third-order valence-electron chi connectivity index (χ3n) is 1.89. The van der Waals surface area contributed by atoms with E-state index in [1.165, 1.54) is 5.56 Å². The fraction of sp³-hybridized carbons (Fsp3) is 0.250. The summed E-state index contributed by atoms with van der Waals surface area (Å²) in [6, 6.07) is 8.14. The summed E-state index contributed by atoms with van der Waals surface area (Å²) in [6.45, 7) is 6.11. The van der Waals surface area contributed by atoms with Crippen LogP contribution in [0, 0.1) is 0 Å². The minimum Gasteiger partial charge on any atom is -0.392 e. The molecule has 0 N–H and O–H groups in total. The summed E-state index contributed by atoms with van der Waals surface area (Å²) >= 11 is 0. The first-order valence-corrected chi connectivity index (χ1v) is 4.72. The second kappa shape index (κ2) is 5.97. The molecule has 0 aliphatic carbocycles. The van der Waals surface area contributed by atoms with Gasteiger partial charge in [-0.3, -0.25) is 0 Å². The first kappa shape index (κ1) is 10.5. The van der Waals surface area contributed by atoms with Crippen molar-refractivity contribution < 1.29 is 4.84 Å². The molecule has 2 nitrogen and oxygen atoms in total. The van der Waals surface area contributed by atoms with Crippen molar-refractivity contribution in [1.82, 2.24) is 0 Å². The lowest BCUT2D eigenvalue weighted by Crippen LogP contribution is -1.91. The van der Waals surface area contributed by atoms with E-state index in [0.717, 1.165) is 12.0 Å². The van der Waals surface area contributed by atoms with Crippen molar-refractivity contribution in [2.75, 3.05) is 6.61 Å². The molecule has 0 saturated carbocycles. The first-order chi connectivity index (χ1) is 6.88. The van der Waals surface area contributed by atoms with Gasteiger partial charge in [-0.15, -0.1) is 0 Å². The molecule has 2 heteroatoms. The molecule has 0 heterocycles. The number of hydrogen-bond donors (Lipinski definition) is 0. The molecule has 74 valence electrons. The zero-order valence-corrected chi connectivity index (χ0v) is 8.44. The third-order valence-corrected chi connectivity index (χ3v) is 1.89. The molecular formula is C12H15NO. The van der Waals surface area contributed by atoms with Gasteiger partial charge in [0.2, 0.25) is 0 Å². The Labute approximate surface area is 84.9 Å². The van der Waals surface area contributed by atoms with Crippen molar-refractivity contribution in [2.24, 2.45) is 5.16 Å². The summed E-state index contributed by atoms with van der Waals surface area (Å²) in [4.78, 5) is 4.94. The van der Waals surface area contributed by atoms with Gasteiger partial charge in [-0.1, -0.05) is 49.0 Å². The monoisotopic (exact) mass is 189 g/mol. The third kappa shape index (κ3) is 3.05. The number of aryl methyl sites for hydroxylation is 1. The fourth-order valence-electron chi connectivity index (χ4n) is 1.17. The number of nitrogens with zero attached hydrogens (tertiary/aromatic N) is 1. The molecule has 1 aromatic rings. The minimum absolute atomic E-state index is 0.449. The molecule has 0 saturated heterocycles. The molecule has 0 aliphatic rings. The lowest BCUT2D eigenvalue weighted by Gasteiger charge is -2.00. The number of rotatable bonds is 5. The predicted molar refractivity (Wildman–Crippen MR) is 59.6 cm³/mol. The van der Waals surface area contributed by atoms with Gasteiger partial charge >= 0.3 is 0 Å². The van der Waals surface area contributed by atoms with Crippen molar-refractivity contribution in [3.63, 3.8) is 0 Å². The van der Waals surface area contributed by atoms with Crippen LogP contribution in [-0.2, 0) is 11.3 Å². The molecule has 0 radical (unpaired) electrons. The van der Waals surface area contributed by atoms with E-state index in [1.807, 2.05) is 18.2 Å². The summed E-state index contributed by atoms with van der Waals surface area (Å²) in [5.41, 5.74) is 2.39. The quantitative estimate of drug-likeness (QED) is 0.302. The van der Waals surface area contributed by atoms with E-state index in [2.05, 4.69) is 24.7 Å². The number of benzene rings is 1. The molecule has 0 aliphatic heterocycles. The largest absolute Gasteiger partial charge is 0.392 e. The van der Waals surface area contributed by atoms with Crippen LogP contribution < -0.4 is 0 Å². The highest BCUT2D eigenvalue weighted by molar-refractivity contribution is 5.81. The van der Waals surface area contributed by atoms with E-state index in [1.54, 1.807) is 12.3 Å². The van der Waals surface area contributed by atoms with Gasteiger partial charge in [-0.25, -0.2) is 0 Å². The Hall–Kier alpha value is -1.57. The van der Waals surface area contributed by atoms with Crippen molar-refractivity contribution >= 4 is 6.21 Å².